The maximum absolute atomic E-state index is 11.0. The van der Waals surface area contributed by atoms with Crippen LogP contribution in [-0.4, -0.2) is 15.9 Å². The third-order valence-corrected chi connectivity index (χ3v) is 5.53. The number of hydrogen-bond donors (Lipinski definition) is 2. The maximum Gasteiger partial charge on any atom is 0.270 e. The molecule has 5 heteroatoms. The van der Waals surface area contributed by atoms with Crippen molar-refractivity contribution in [1.29, 1.82) is 0 Å². The van der Waals surface area contributed by atoms with Gasteiger partial charge in [-0.05, 0) is 56.1 Å². The fourth-order valence-corrected chi connectivity index (χ4v) is 4.37. The number of nitro groups is 1. The second-order valence-electron chi connectivity index (χ2n) is 7.23. The van der Waals surface area contributed by atoms with E-state index >= 15 is 0 Å². The Labute approximate surface area is 135 Å². The third kappa shape index (κ3) is 2.63. The molecule has 0 saturated heterocycles. The number of benzene rings is 1. The van der Waals surface area contributed by atoms with Crippen molar-refractivity contribution in [1.82, 2.24) is 10.3 Å². The molecule has 122 valence electrons. The first-order valence-corrected chi connectivity index (χ1v) is 8.66. The van der Waals surface area contributed by atoms with E-state index in [9.17, 15) is 10.1 Å². The largest absolute Gasteiger partial charge is 0.357 e. The number of fused-ring (bicyclic) bond motifs is 3. The number of rotatable bonds is 3. The van der Waals surface area contributed by atoms with E-state index in [1.807, 2.05) is 6.07 Å². The molecule has 0 aliphatic heterocycles. The summed E-state index contributed by atoms with van der Waals surface area (Å²) in [5.41, 5.74) is 3.73. The number of nitrogens with zero attached hydrogens (tertiary/aromatic N) is 1. The first-order chi connectivity index (χ1) is 11.1. The van der Waals surface area contributed by atoms with Gasteiger partial charge in [0.1, 0.15) is 0 Å². The van der Waals surface area contributed by atoms with E-state index in [0.717, 1.165) is 36.1 Å². The van der Waals surface area contributed by atoms with Gasteiger partial charge in [0.2, 0.25) is 0 Å². The summed E-state index contributed by atoms with van der Waals surface area (Å²) in [7, 11) is 0. The minimum Gasteiger partial charge on any atom is -0.357 e. The van der Waals surface area contributed by atoms with E-state index in [1.165, 1.54) is 30.5 Å². The smallest absolute Gasteiger partial charge is 0.270 e. The van der Waals surface area contributed by atoms with Crippen molar-refractivity contribution in [2.75, 3.05) is 0 Å². The van der Waals surface area contributed by atoms with Crippen molar-refractivity contribution in [3.8, 4) is 0 Å². The molecule has 0 unspecified atom stereocenters. The Balaban J connectivity index is 1.67. The minimum atomic E-state index is -0.308. The number of hydrogen-bond acceptors (Lipinski definition) is 3. The molecule has 0 amide bonds. The highest BCUT2D eigenvalue weighted by molar-refractivity contribution is 5.87. The molecular weight excluding hydrogens is 290 g/mol. The van der Waals surface area contributed by atoms with E-state index in [2.05, 4.69) is 17.2 Å². The molecule has 1 heterocycles. The standard InChI is InChI=1S/C18H23N3O2/c1-11-5-6-12(9-11)19-17-4-2-3-14-15-10-13(21(22)23)7-8-16(15)20-18(14)17/h7-8,10-12,17,19-20H,2-6,9H2,1H3/t11-,12+,17+/m0/s1. The van der Waals surface area contributed by atoms with Gasteiger partial charge < -0.3 is 10.3 Å². The lowest BCUT2D eigenvalue weighted by atomic mass is 9.91. The monoisotopic (exact) mass is 313 g/mol. The summed E-state index contributed by atoms with van der Waals surface area (Å²) in [6, 6.07) is 6.14. The fraction of sp³-hybridized carbons (Fsp3) is 0.556. The molecule has 5 nitrogen and oxygen atoms in total. The zero-order valence-corrected chi connectivity index (χ0v) is 13.5. The highest BCUT2D eigenvalue weighted by atomic mass is 16.6. The molecule has 1 saturated carbocycles. The number of aromatic nitrogens is 1. The Morgan fingerprint density at radius 3 is 2.91 bits per heavy atom. The van der Waals surface area contributed by atoms with Gasteiger partial charge in [-0.25, -0.2) is 0 Å². The predicted octanol–water partition coefficient (Wildman–Crippen LogP) is 4.23. The van der Waals surface area contributed by atoms with E-state index in [4.69, 9.17) is 0 Å². The van der Waals surface area contributed by atoms with Gasteiger partial charge in [-0.2, -0.15) is 0 Å². The highest BCUT2D eigenvalue weighted by Crippen LogP contribution is 2.37. The van der Waals surface area contributed by atoms with Crippen LogP contribution in [0.5, 0.6) is 0 Å². The molecule has 2 aliphatic rings. The van der Waals surface area contributed by atoms with E-state index < -0.39 is 0 Å². The third-order valence-electron chi connectivity index (χ3n) is 5.53. The van der Waals surface area contributed by atoms with Crippen molar-refractivity contribution in [2.45, 2.75) is 57.5 Å². The Morgan fingerprint density at radius 1 is 1.30 bits per heavy atom. The summed E-state index contributed by atoms with van der Waals surface area (Å²) in [6.45, 7) is 2.33. The zero-order valence-electron chi connectivity index (χ0n) is 13.5. The second kappa shape index (κ2) is 5.64. The zero-order chi connectivity index (χ0) is 16.0. The van der Waals surface area contributed by atoms with Gasteiger partial charge in [-0.1, -0.05) is 6.92 Å². The Bertz CT molecular complexity index is 752. The topological polar surface area (TPSA) is 71.0 Å². The molecule has 1 aromatic carbocycles. The van der Waals surface area contributed by atoms with Crippen LogP contribution >= 0.6 is 0 Å². The number of aryl methyl sites for hydroxylation is 1. The van der Waals surface area contributed by atoms with Gasteiger partial charge >= 0.3 is 0 Å². The van der Waals surface area contributed by atoms with Crippen LogP contribution in [0.15, 0.2) is 18.2 Å². The molecule has 1 fully saturated rings. The van der Waals surface area contributed by atoms with Gasteiger partial charge in [0.05, 0.1) is 4.92 Å². The average Bonchev–Trinajstić information content (AvgIpc) is 3.11. The molecule has 2 aliphatic carbocycles. The summed E-state index contributed by atoms with van der Waals surface area (Å²) < 4.78 is 0. The normalized spacial score (nSPS) is 27.3. The summed E-state index contributed by atoms with van der Waals surface area (Å²) in [5.74, 6) is 0.820. The molecule has 0 radical (unpaired) electrons. The molecule has 1 aromatic heterocycles. The lowest BCUT2D eigenvalue weighted by molar-refractivity contribution is -0.384. The van der Waals surface area contributed by atoms with Gasteiger partial charge in [0.15, 0.2) is 0 Å². The molecule has 23 heavy (non-hydrogen) atoms. The SMILES string of the molecule is C[C@H]1CC[C@@H](N[C@@H]2CCCc3c2[nH]c2ccc([N+](=O)[O-])cc32)C1. The molecule has 2 N–H and O–H groups in total. The van der Waals surface area contributed by atoms with Gasteiger partial charge in [-0.3, -0.25) is 10.1 Å². The maximum atomic E-state index is 11.0. The summed E-state index contributed by atoms with van der Waals surface area (Å²) in [4.78, 5) is 14.3. The van der Waals surface area contributed by atoms with Gasteiger partial charge in [0, 0.05) is 40.8 Å². The molecule has 4 rings (SSSR count). The van der Waals surface area contributed by atoms with Gasteiger partial charge in [-0.15, -0.1) is 0 Å². The van der Waals surface area contributed by atoms with Crippen molar-refractivity contribution >= 4 is 16.6 Å². The summed E-state index contributed by atoms with van der Waals surface area (Å²) in [6.07, 6.45) is 7.14. The number of non-ortho nitro benzene ring substituents is 1. The number of nitro benzene ring substituents is 1. The fourth-order valence-electron chi connectivity index (χ4n) is 4.37. The van der Waals surface area contributed by atoms with Crippen LogP contribution in [0, 0.1) is 16.0 Å². The van der Waals surface area contributed by atoms with Crippen LogP contribution < -0.4 is 5.32 Å². The molecule has 2 aromatic rings. The number of aromatic amines is 1. The molecule has 3 atom stereocenters. The van der Waals surface area contributed by atoms with E-state index in [-0.39, 0.29) is 10.6 Å². The Morgan fingerprint density at radius 2 is 2.17 bits per heavy atom. The summed E-state index contributed by atoms with van der Waals surface area (Å²) >= 11 is 0. The Hall–Kier alpha value is -1.88. The quantitative estimate of drug-likeness (QED) is 0.658. The van der Waals surface area contributed by atoms with E-state index in [0.29, 0.717) is 12.1 Å². The first-order valence-electron chi connectivity index (χ1n) is 8.66. The van der Waals surface area contributed by atoms with Crippen LogP contribution in [0.3, 0.4) is 0 Å². The lowest BCUT2D eigenvalue weighted by Gasteiger charge is -2.27. The van der Waals surface area contributed by atoms with Crippen LogP contribution in [0.25, 0.3) is 10.9 Å². The average molecular weight is 313 g/mol. The number of H-pyrrole nitrogens is 1. The minimum absolute atomic E-state index is 0.180. The van der Waals surface area contributed by atoms with Crippen LogP contribution in [0.2, 0.25) is 0 Å². The van der Waals surface area contributed by atoms with Crippen molar-refractivity contribution < 1.29 is 4.92 Å². The van der Waals surface area contributed by atoms with Crippen LogP contribution in [0.4, 0.5) is 5.69 Å². The lowest BCUT2D eigenvalue weighted by Crippen LogP contribution is -2.33. The first kappa shape index (κ1) is 14.7. The van der Waals surface area contributed by atoms with Crippen molar-refractivity contribution in [3.63, 3.8) is 0 Å². The second-order valence-corrected chi connectivity index (χ2v) is 7.23. The number of nitrogens with one attached hydrogen (secondary N) is 2. The summed E-state index contributed by atoms with van der Waals surface area (Å²) in [5, 5.41) is 15.9. The Kier molecular flexibility index (Phi) is 3.60. The van der Waals surface area contributed by atoms with E-state index in [1.54, 1.807) is 12.1 Å². The highest BCUT2D eigenvalue weighted by Gasteiger charge is 2.29. The molecule has 0 spiro atoms. The predicted molar refractivity (Wildman–Crippen MR) is 90.6 cm³/mol. The van der Waals surface area contributed by atoms with Crippen LogP contribution in [-0.2, 0) is 6.42 Å². The van der Waals surface area contributed by atoms with Crippen molar-refractivity contribution in [2.24, 2.45) is 5.92 Å². The van der Waals surface area contributed by atoms with Crippen LogP contribution in [0.1, 0.15) is 56.3 Å². The van der Waals surface area contributed by atoms with Gasteiger partial charge in [0.25, 0.3) is 5.69 Å². The van der Waals surface area contributed by atoms with Crippen molar-refractivity contribution in [3.05, 3.63) is 39.6 Å². The molecular formula is C18H23N3O2. The molecule has 0 bridgehead atoms.